The molecule has 0 aliphatic rings. The van der Waals surface area contributed by atoms with Crippen molar-refractivity contribution in [1.29, 1.82) is 0 Å². The molecule has 3 N–H and O–H groups in total. The number of carbonyl (C=O) groups is 3. The number of hydrogen-bond donors (Lipinski definition) is 3. The van der Waals surface area contributed by atoms with Gasteiger partial charge in [0.05, 0.1) is 6.42 Å². The van der Waals surface area contributed by atoms with Gasteiger partial charge < -0.3 is 20.7 Å². The van der Waals surface area contributed by atoms with E-state index in [1.807, 2.05) is 12.1 Å². The van der Waals surface area contributed by atoms with Crippen molar-refractivity contribution in [3.8, 4) is 0 Å². The zero-order valence-corrected chi connectivity index (χ0v) is 16.8. The lowest BCUT2D eigenvalue weighted by Crippen LogP contribution is -2.35. The summed E-state index contributed by atoms with van der Waals surface area (Å²) in [5.74, 6) is -0.247. The Kier molecular flexibility index (Phi) is 9.64. The van der Waals surface area contributed by atoms with E-state index >= 15 is 0 Å². The molecule has 150 valence electrons. The number of benzene rings is 1. The predicted octanol–water partition coefficient (Wildman–Crippen LogP) is 2.42. The molecule has 0 aromatic heterocycles. The van der Waals surface area contributed by atoms with Crippen molar-refractivity contribution < 1.29 is 19.1 Å². The van der Waals surface area contributed by atoms with E-state index in [4.69, 9.17) is 16.3 Å². The molecule has 0 spiro atoms. The van der Waals surface area contributed by atoms with E-state index in [2.05, 4.69) is 16.0 Å². The van der Waals surface area contributed by atoms with Crippen molar-refractivity contribution in [2.75, 3.05) is 19.6 Å². The topological polar surface area (TPSA) is 96.5 Å². The van der Waals surface area contributed by atoms with Crippen LogP contribution < -0.4 is 16.0 Å². The second-order valence-electron chi connectivity index (χ2n) is 7.04. The Hall–Kier alpha value is -2.28. The maximum absolute atomic E-state index is 11.8. The van der Waals surface area contributed by atoms with Crippen LogP contribution in [0.3, 0.4) is 0 Å². The molecule has 3 amide bonds. The van der Waals surface area contributed by atoms with Gasteiger partial charge in [0, 0.05) is 31.1 Å². The third-order valence-electron chi connectivity index (χ3n) is 3.30. The largest absolute Gasteiger partial charge is 0.444 e. The van der Waals surface area contributed by atoms with Crippen molar-refractivity contribution in [2.45, 2.75) is 45.6 Å². The highest BCUT2D eigenvalue weighted by molar-refractivity contribution is 6.30. The summed E-state index contributed by atoms with van der Waals surface area (Å²) in [5.41, 5.74) is 0.326. The standard InChI is InChI=1S/C19H28ClN3O4/c1-19(2,3)27-18(26)23-12-9-16(24)21-10-4-11-22-17(25)13-14-5-7-15(20)8-6-14/h5-8H,4,9-13H2,1-3H3,(H,21,24)(H,22,25)(H,23,26). The summed E-state index contributed by atoms with van der Waals surface area (Å²) in [6, 6.07) is 7.12. The van der Waals surface area contributed by atoms with Gasteiger partial charge in [-0.3, -0.25) is 9.59 Å². The quantitative estimate of drug-likeness (QED) is 0.557. The van der Waals surface area contributed by atoms with Crippen LogP contribution in [0.4, 0.5) is 4.79 Å². The van der Waals surface area contributed by atoms with Crippen molar-refractivity contribution in [3.63, 3.8) is 0 Å². The van der Waals surface area contributed by atoms with Crippen molar-refractivity contribution in [2.24, 2.45) is 0 Å². The van der Waals surface area contributed by atoms with Crippen LogP contribution in [0.5, 0.6) is 0 Å². The van der Waals surface area contributed by atoms with Crippen LogP contribution in [0.2, 0.25) is 5.02 Å². The number of ether oxygens (including phenoxy) is 1. The predicted molar refractivity (Wildman–Crippen MR) is 105 cm³/mol. The molecule has 1 rings (SSSR count). The van der Waals surface area contributed by atoms with Crippen LogP contribution in [-0.2, 0) is 20.7 Å². The first-order chi connectivity index (χ1) is 12.7. The van der Waals surface area contributed by atoms with Gasteiger partial charge in [0.1, 0.15) is 5.60 Å². The first-order valence-electron chi connectivity index (χ1n) is 8.90. The molecular formula is C19H28ClN3O4. The minimum Gasteiger partial charge on any atom is -0.444 e. The van der Waals surface area contributed by atoms with Crippen LogP contribution in [0.25, 0.3) is 0 Å². The fraction of sp³-hybridized carbons (Fsp3) is 0.526. The van der Waals surface area contributed by atoms with Gasteiger partial charge in [-0.05, 0) is 44.9 Å². The van der Waals surface area contributed by atoms with E-state index in [-0.39, 0.29) is 24.8 Å². The van der Waals surface area contributed by atoms with Gasteiger partial charge in [-0.2, -0.15) is 0 Å². The van der Waals surface area contributed by atoms with Crippen molar-refractivity contribution >= 4 is 29.5 Å². The highest BCUT2D eigenvalue weighted by Gasteiger charge is 2.15. The SMILES string of the molecule is CC(C)(C)OC(=O)NCCC(=O)NCCCNC(=O)Cc1ccc(Cl)cc1. The Morgan fingerprint density at radius 1 is 0.926 bits per heavy atom. The fourth-order valence-corrected chi connectivity index (χ4v) is 2.20. The lowest BCUT2D eigenvalue weighted by atomic mass is 10.1. The number of rotatable bonds is 9. The third kappa shape index (κ3) is 11.9. The number of alkyl carbamates (subject to hydrolysis) is 1. The van der Waals surface area contributed by atoms with E-state index in [0.717, 1.165) is 5.56 Å². The lowest BCUT2D eigenvalue weighted by Gasteiger charge is -2.19. The highest BCUT2D eigenvalue weighted by atomic mass is 35.5. The zero-order chi connectivity index (χ0) is 20.3. The van der Waals surface area contributed by atoms with Gasteiger partial charge in [-0.25, -0.2) is 4.79 Å². The van der Waals surface area contributed by atoms with Gasteiger partial charge in [0.2, 0.25) is 11.8 Å². The number of halogens is 1. The molecule has 0 aliphatic carbocycles. The fourth-order valence-electron chi connectivity index (χ4n) is 2.07. The molecule has 8 heteroatoms. The average Bonchev–Trinajstić information content (AvgIpc) is 2.55. The third-order valence-corrected chi connectivity index (χ3v) is 3.55. The molecule has 1 aromatic carbocycles. The number of carbonyl (C=O) groups excluding carboxylic acids is 3. The van der Waals surface area contributed by atoms with Crippen LogP contribution in [-0.4, -0.2) is 43.1 Å². The Labute approximate surface area is 165 Å². The molecule has 1 aromatic rings. The monoisotopic (exact) mass is 397 g/mol. The molecule has 0 saturated heterocycles. The first-order valence-corrected chi connectivity index (χ1v) is 9.28. The molecule has 0 heterocycles. The number of amides is 3. The van der Waals surface area contributed by atoms with E-state index in [1.165, 1.54) is 0 Å². The summed E-state index contributed by atoms with van der Waals surface area (Å²) >= 11 is 5.80. The van der Waals surface area contributed by atoms with E-state index in [1.54, 1.807) is 32.9 Å². The molecule has 0 radical (unpaired) electrons. The molecule has 0 aliphatic heterocycles. The second kappa shape index (κ2) is 11.4. The summed E-state index contributed by atoms with van der Waals surface area (Å²) in [6.45, 7) is 6.45. The molecular weight excluding hydrogens is 370 g/mol. The summed E-state index contributed by atoms with van der Waals surface area (Å²) in [6.07, 6.45) is 0.540. The highest BCUT2D eigenvalue weighted by Crippen LogP contribution is 2.09. The van der Waals surface area contributed by atoms with E-state index in [9.17, 15) is 14.4 Å². The lowest BCUT2D eigenvalue weighted by molar-refractivity contribution is -0.121. The minimum absolute atomic E-state index is 0.0785. The van der Waals surface area contributed by atoms with Gasteiger partial charge in [-0.1, -0.05) is 23.7 Å². The number of nitrogens with one attached hydrogen (secondary N) is 3. The molecule has 0 saturated carbocycles. The van der Waals surface area contributed by atoms with Crippen LogP contribution in [0, 0.1) is 0 Å². The summed E-state index contributed by atoms with van der Waals surface area (Å²) < 4.78 is 5.07. The van der Waals surface area contributed by atoms with Gasteiger partial charge in [0.25, 0.3) is 0 Å². The van der Waals surface area contributed by atoms with Gasteiger partial charge in [-0.15, -0.1) is 0 Å². The van der Waals surface area contributed by atoms with E-state index in [0.29, 0.717) is 31.0 Å². The van der Waals surface area contributed by atoms with Crippen molar-refractivity contribution in [1.82, 2.24) is 16.0 Å². The molecule has 0 bridgehead atoms. The summed E-state index contributed by atoms with van der Waals surface area (Å²) in [4.78, 5) is 34.9. The second-order valence-corrected chi connectivity index (χ2v) is 7.47. The summed E-state index contributed by atoms with van der Waals surface area (Å²) in [5, 5.41) is 8.70. The maximum Gasteiger partial charge on any atom is 0.407 e. The molecule has 0 atom stereocenters. The average molecular weight is 398 g/mol. The Bertz CT molecular complexity index is 627. The maximum atomic E-state index is 11.8. The zero-order valence-electron chi connectivity index (χ0n) is 16.1. The number of hydrogen-bond acceptors (Lipinski definition) is 4. The Balaban J connectivity index is 2.05. The van der Waals surface area contributed by atoms with Gasteiger partial charge >= 0.3 is 6.09 Å². The Morgan fingerprint density at radius 3 is 2.11 bits per heavy atom. The van der Waals surface area contributed by atoms with Crippen LogP contribution >= 0.6 is 11.6 Å². The summed E-state index contributed by atoms with van der Waals surface area (Å²) in [7, 11) is 0. The van der Waals surface area contributed by atoms with Crippen LogP contribution in [0.15, 0.2) is 24.3 Å². The minimum atomic E-state index is -0.565. The van der Waals surface area contributed by atoms with E-state index < -0.39 is 11.7 Å². The normalized spacial score (nSPS) is 10.8. The van der Waals surface area contributed by atoms with Gasteiger partial charge in [0.15, 0.2) is 0 Å². The molecule has 0 fully saturated rings. The smallest absolute Gasteiger partial charge is 0.407 e. The van der Waals surface area contributed by atoms with Crippen molar-refractivity contribution in [3.05, 3.63) is 34.9 Å². The first kappa shape index (κ1) is 22.8. The molecule has 0 unspecified atom stereocenters. The molecule has 7 nitrogen and oxygen atoms in total. The molecule has 27 heavy (non-hydrogen) atoms. The Morgan fingerprint density at radius 2 is 1.52 bits per heavy atom. The van der Waals surface area contributed by atoms with Crippen LogP contribution in [0.1, 0.15) is 39.2 Å².